The highest BCUT2D eigenvalue weighted by atomic mass is 16.5. The van der Waals surface area contributed by atoms with E-state index in [0.29, 0.717) is 18.9 Å². The summed E-state index contributed by atoms with van der Waals surface area (Å²) in [6.07, 6.45) is 3.97. The first kappa shape index (κ1) is 15.4. The van der Waals surface area contributed by atoms with Crippen molar-refractivity contribution in [3.05, 3.63) is 0 Å². The van der Waals surface area contributed by atoms with E-state index in [4.69, 9.17) is 15.6 Å². The Morgan fingerprint density at radius 1 is 1.50 bits per heavy atom. The fraction of sp³-hybridized carbons (Fsp3) is 0.923. The van der Waals surface area contributed by atoms with Crippen LogP contribution in [0, 0.1) is 0 Å². The summed E-state index contributed by atoms with van der Waals surface area (Å²) in [5.41, 5.74) is 4.81. The first-order chi connectivity index (χ1) is 8.49. The van der Waals surface area contributed by atoms with Crippen LogP contribution in [-0.4, -0.2) is 54.4 Å². The Morgan fingerprint density at radius 3 is 2.61 bits per heavy atom. The second kappa shape index (κ2) is 7.07. The number of nitrogens with zero attached hydrogens (tertiary/aromatic N) is 1. The molecule has 0 spiro atoms. The van der Waals surface area contributed by atoms with E-state index < -0.39 is 11.5 Å². The standard InChI is InChI=1S/C13H26N2O3/c1-3-13(14,12(16)17)7-4-8-15(2)11-5-9-18-10-6-11/h11H,3-10,14H2,1-2H3,(H,16,17). The quantitative estimate of drug-likeness (QED) is 0.714. The highest BCUT2D eigenvalue weighted by molar-refractivity contribution is 5.78. The molecule has 106 valence electrons. The minimum atomic E-state index is -1.06. The van der Waals surface area contributed by atoms with Gasteiger partial charge >= 0.3 is 5.97 Å². The van der Waals surface area contributed by atoms with Crippen molar-refractivity contribution in [2.75, 3.05) is 26.8 Å². The van der Waals surface area contributed by atoms with Gasteiger partial charge in [0.15, 0.2) is 0 Å². The lowest BCUT2D eigenvalue weighted by Gasteiger charge is -2.32. The van der Waals surface area contributed by atoms with Gasteiger partial charge in [0.05, 0.1) is 0 Å². The lowest BCUT2D eigenvalue weighted by atomic mass is 9.91. The maximum absolute atomic E-state index is 11.1. The highest BCUT2D eigenvalue weighted by Gasteiger charge is 2.31. The number of hydrogen-bond donors (Lipinski definition) is 2. The molecule has 1 fully saturated rings. The third-order valence-corrected chi connectivity index (χ3v) is 4.00. The molecular weight excluding hydrogens is 232 g/mol. The molecular formula is C13H26N2O3. The van der Waals surface area contributed by atoms with Gasteiger partial charge < -0.3 is 20.5 Å². The zero-order chi connectivity index (χ0) is 13.6. The fourth-order valence-corrected chi connectivity index (χ4v) is 2.39. The van der Waals surface area contributed by atoms with Crippen molar-refractivity contribution >= 4 is 5.97 Å². The molecule has 1 heterocycles. The number of carboxylic acid groups (broad SMARTS) is 1. The molecule has 18 heavy (non-hydrogen) atoms. The first-order valence-corrected chi connectivity index (χ1v) is 6.80. The normalized spacial score (nSPS) is 20.9. The third-order valence-electron chi connectivity index (χ3n) is 4.00. The van der Waals surface area contributed by atoms with Crippen LogP contribution in [0.1, 0.15) is 39.0 Å². The van der Waals surface area contributed by atoms with Crippen LogP contribution in [0.15, 0.2) is 0 Å². The van der Waals surface area contributed by atoms with Crippen LogP contribution in [0.5, 0.6) is 0 Å². The van der Waals surface area contributed by atoms with Crippen LogP contribution < -0.4 is 5.73 Å². The van der Waals surface area contributed by atoms with E-state index in [-0.39, 0.29) is 0 Å². The second-order valence-corrected chi connectivity index (χ2v) is 5.24. The Labute approximate surface area is 109 Å². The van der Waals surface area contributed by atoms with Gasteiger partial charge in [0.25, 0.3) is 0 Å². The highest BCUT2D eigenvalue weighted by Crippen LogP contribution is 2.17. The monoisotopic (exact) mass is 258 g/mol. The summed E-state index contributed by atoms with van der Waals surface area (Å²) in [6, 6.07) is 0.567. The van der Waals surface area contributed by atoms with E-state index >= 15 is 0 Å². The van der Waals surface area contributed by atoms with Crippen LogP contribution in [0.3, 0.4) is 0 Å². The van der Waals surface area contributed by atoms with E-state index in [9.17, 15) is 4.79 Å². The molecule has 1 unspecified atom stereocenters. The van der Waals surface area contributed by atoms with Crippen molar-refractivity contribution in [3.63, 3.8) is 0 Å². The summed E-state index contributed by atoms with van der Waals surface area (Å²) in [5.74, 6) is -0.890. The van der Waals surface area contributed by atoms with Gasteiger partial charge in [0.2, 0.25) is 0 Å². The molecule has 0 aromatic rings. The number of nitrogens with two attached hydrogens (primary N) is 1. The SMILES string of the molecule is CCC(N)(CCCN(C)C1CCOCC1)C(=O)O. The largest absolute Gasteiger partial charge is 0.480 e. The molecule has 0 aromatic heterocycles. The molecule has 1 atom stereocenters. The molecule has 5 nitrogen and oxygen atoms in total. The predicted molar refractivity (Wildman–Crippen MR) is 70.6 cm³/mol. The van der Waals surface area contributed by atoms with Gasteiger partial charge in [-0.2, -0.15) is 0 Å². The van der Waals surface area contributed by atoms with Crippen molar-refractivity contribution in [2.45, 2.75) is 50.6 Å². The molecule has 0 radical (unpaired) electrons. The molecule has 1 aliphatic heterocycles. The Morgan fingerprint density at radius 2 is 2.11 bits per heavy atom. The van der Waals surface area contributed by atoms with Crippen LogP contribution in [0.25, 0.3) is 0 Å². The van der Waals surface area contributed by atoms with Gasteiger partial charge in [0.1, 0.15) is 5.54 Å². The van der Waals surface area contributed by atoms with Crippen LogP contribution in [-0.2, 0) is 9.53 Å². The van der Waals surface area contributed by atoms with Gasteiger partial charge in [-0.25, -0.2) is 0 Å². The van der Waals surface area contributed by atoms with E-state index in [0.717, 1.165) is 39.0 Å². The summed E-state index contributed by atoms with van der Waals surface area (Å²) in [7, 11) is 2.10. The van der Waals surface area contributed by atoms with Crippen molar-refractivity contribution in [1.29, 1.82) is 0 Å². The number of aliphatic carboxylic acids is 1. The van der Waals surface area contributed by atoms with Gasteiger partial charge in [0, 0.05) is 19.3 Å². The van der Waals surface area contributed by atoms with Crippen LogP contribution in [0.2, 0.25) is 0 Å². The number of ether oxygens (including phenoxy) is 1. The molecule has 5 heteroatoms. The maximum atomic E-state index is 11.1. The topological polar surface area (TPSA) is 75.8 Å². The van der Waals surface area contributed by atoms with E-state index in [1.807, 2.05) is 6.92 Å². The number of rotatable bonds is 7. The summed E-state index contributed by atoms with van der Waals surface area (Å²) in [5, 5.41) is 9.09. The Bertz CT molecular complexity index is 267. The molecule has 3 N–H and O–H groups in total. The van der Waals surface area contributed by atoms with Crippen molar-refractivity contribution in [2.24, 2.45) is 5.73 Å². The molecule has 0 amide bonds. The maximum Gasteiger partial charge on any atom is 0.323 e. The first-order valence-electron chi connectivity index (χ1n) is 6.80. The molecule has 0 aromatic carbocycles. The van der Waals surface area contributed by atoms with E-state index in [2.05, 4.69) is 11.9 Å². The van der Waals surface area contributed by atoms with E-state index in [1.54, 1.807) is 0 Å². The zero-order valence-electron chi connectivity index (χ0n) is 11.5. The van der Waals surface area contributed by atoms with Gasteiger partial charge in [-0.1, -0.05) is 6.92 Å². The third kappa shape index (κ3) is 4.23. The lowest BCUT2D eigenvalue weighted by Crippen LogP contribution is -2.48. The minimum Gasteiger partial charge on any atom is -0.480 e. The van der Waals surface area contributed by atoms with Crippen LogP contribution in [0.4, 0.5) is 0 Å². The molecule has 1 rings (SSSR count). The van der Waals surface area contributed by atoms with Crippen molar-refractivity contribution in [3.8, 4) is 0 Å². The molecule has 1 aliphatic rings. The van der Waals surface area contributed by atoms with Gasteiger partial charge in [-0.05, 0) is 45.7 Å². The smallest absolute Gasteiger partial charge is 0.323 e. The second-order valence-electron chi connectivity index (χ2n) is 5.24. The van der Waals surface area contributed by atoms with Crippen LogP contribution >= 0.6 is 0 Å². The average molecular weight is 258 g/mol. The fourth-order valence-electron chi connectivity index (χ4n) is 2.39. The summed E-state index contributed by atoms with van der Waals surface area (Å²) in [6.45, 7) is 4.40. The molecule has 1 saturated heterocycles. The summed E-state index contributed by atoms with van der Waals surface area (Å²) >= 11 is 0. The summed E-state index contributed by atoms with van der Waals surface area (Å²) < 4.78 is 5.33. The van der Waals surface area contributed by atoms with Crippen molar-refractivity contribution in [1.82, 2.24) is 4.90 Å². The average Bonchev–Trinajstić information content (AvgIpc) is 2.39. The van der Waals surface area contributed by atoms with E-state index in [1.165, 1.54) is 0 Å². The Kier molecular flexibility index (Phi) is 6.05. The molecule has 0 bridgehead atoms. The lowest BCUT2D eigenvalue weighted by molar-refractivity contribution is -0.143. The molecule has 0 aliphatic carbocycles. The van der Waals surface area contributed by atoms with Gasteiger partial charge in [-0.3, -0.25) is 4.79 Å². The zero-order valence-corrected chi connectivity index (χ0v) is 11.5. The Balaban J connectivity index is 2.29. The van der Waals surface area contributed by atoms with Gasteiger partial charge in [-0.15, -0.1) is 0 Å². The minimum absolute atomic E-state index is 0.476. The molecule has 0 saturated carbocycles. The number of carbonyl (C=O) groups is 1. The Hall–Kier alpha value is -0.650. The van der Waals surface area contributed by atoms with Crippen molar-refractivity contribution < 1.29 is 14.6 Å². The summed E-state index contributed by atoms with van der Waals surface area (Å²) in [4.78, 5) is 13.4. The predicted octanol–water partition coefficient (Wildman–Crippen LogP) is 1.07. The number of carboxylic acids is 1. The number of hydrogen-bond acceptors (Lipinski definition) is 4.